The van der Waals surface area contributed by atoms with Crippen LogP contribution in [0.2, 0.25) is 0 Å². The smallest absolute Gasteiger partial charge is 0.353 e. The molecule has 0 amide bonds. The topological polar surface area (TPSA) is 105 Å². The molecule has 0 bridgehead atoms. The largest absolute Gasteiger partial charge is 0.379 e. The summed E-state index contributed by atoms with van der Waals surface area (Å²) in [5.74, 6) is 0.406. The number of nitro groups is 1. The average molecular weight is 372 g/mol. The molecule has 9 nitrogen and oxygen atoms in total. The second-order valence-electron chi connectivity index (χ2n) is 6.41. The highest BCUT2D eigenvalue weighted by molar-refractivity contribution is 5.73. The molecule has 0 radical (unpaired) electrons. The van der Waals surface area contributed by atoms with Crippen LogP contribution in [0.15, 0.2) is 30.6 Å². The summed E-state index contributed by atoms with van der Waals surface area (Å²) in [6.07, 6.45) is 2.19. The van der Waals surface area contributed by atoms with Crippen molar-refractivity contribution in [2.75, 3.05) is 50.0 Å². The van der Waals surface area contributed by atoms with Crippen LogP contribution in [0.1, 0.15) is 12.0 Å². The minimum atomic E-state index is -0.456. The van der Waals surface area contributed by atoms with E-state index in [2.05, 4.69) is 25.5 Å². The predicted molar refractivity (Wildman–Crippen MR) is 104 cm³/mol. The van der Waals surface area contributed by atoms with Crippen molar-refractivity contribution in [2.24, 2.45) is 0 Å². The summed E-state index contributed by atoms with van der Waals surface area (Å²) >= 11 is 0. The van der Waals surface area contributed by atoms with Crippen LogP contribution < -0.4 is 10.6 Å². The number of anilines is 3. The first-order valence-electron chi connectivity index (χ1n) is 9.00. The Labute approximate surface area is 157 Å². The molecule has 2 aromatic rings. The van der Waals surface area contributed by atoms with Gasteiger partial charge in [0.2, 0.25) is 11.6 Å². The lowest BCUT2D eigenvalue weighted by molar-refractivity contribution is -0.383. The molecule has 2 heterocycles. The second kappa shape index (κ2) is 9.24. The Kier molecular flexibility index (Phi) is 6.50. The molecule has 1 saturated heterocycles. The van der Waals surface area contributed by atoms with Crippen LogP contribution in [-0.2, 0) is 4.74 Å². The maximum Gasteiger partial charge on any atom is 0.353 e. The number of rotatable bonds is 8. The molecule has 0 aliphatic carbocycles. The monoisotopic (exact) mass is 372 g/mol. The minimum Gasteiger partial charge on any atom is -0.379 e. The molecule has 0 unspecified atom stereocenters. The fourth-order valence-electron chi connectivity index (χ4n) is 2.97. The molecule has 1 aliphatic heterocycles. The summed E-state index contributed by atoms with van der Waals surface area (Å²) in [5, 5.41) is 17.7. The number of morpholine rings is 1. The van der Waals surface area contributed by atoms with Crippen molar-refractivity contribution in [1.82, 2.24) is 14.9 Å². The van der Waals surface area contributed by atoms with Crippen molar-refractivity contribution in [3.63, 3.8) is 0 Å². The van der Waals surface area contributed by atoms with Crippen molar-refractivity contribution in [2.45, 2.75) is 13.3 Å². The lowest BCUT2D eigenvalue weighted by Crippen LogP contribution is -2.37. The Morgan fingerprint density at radius 1 is 1.26 bits per heavy atom. The standard InChI is InChI=1S/C18H24N6O3/c1-14-4-2-5-15(12-14)22-18-16(24(25)26)17(20-13-21-18)19-6-3-7-23-8-10-27-11-9-23/h2,4-5,12-13H,3,6-11H2,1H3,(H2,19,20,21,22). The van der Waals surface area contributed by atoms with Crippen LogP contribution >= 0.6 is 0 Å². The van der Waals surface area contributed by atoms with Gasteiger partial charge in [-0.3, -0.25) is 15.0 Å². The summed E-state index contributed by atoms with van der Waals surface area (Å²) in [6, 6.07) is 7.59. The van der Waals surface area contributed by atoms with E-state index in [1.165, 1.54) is 6.33 Å². The van der Waals surface area contributed by atoms with Crippen LogP contribution in [0.4, 0.5) is 23.0 Å². The third-order valence-corrected chi connectivity index (χ3v) is 4.33. The van der Waals surface area contributed by atoms with Crippen LogP contribution in [0, 0.1) is 17.0 Å². The fraction of sp³-hybridized carbons (Fsp3) is 0.444. The molecule has 0 spiro atoms. The number of benzene rings is 1. The zero-order valence-corrected chi connectivity index (χ0v) is 15.4. The van der Waals surface area contributed by atoms with Gasteiger partial charge >= 0.3 is 5.69 Å². The van der Waals surface area contributed by atoms with Crippen LogP contribution in [0.25, 0.3) is 0 Å². The first-order valence-corrected chi connectivity index (χ1v) is 9.00. The molecule has 0 atom stereocenters. The predicted octanol–water partition coefficient (Wildman–Crippen LogP) is 2.57. The quantitative estimate of drug-likeness (QED) is 0.414. The van der Waals surface area contributed by atoms with Crippen LogP contribution in [0.3, 0.4) is 0 Å². The van der Waals surface area contributed by atoms with Gasteiger partial charge in [-0.2, -0.15) is 0 Å². The number of ether oxygens (including phenoxy) is 1. The molecule has 1 aliphatic rings. The Balaban J connectivity index is 1.65. The number of aryl methyl sites for hydroxylation is 1. The van der Waals surface area contributed by atoms with Gasteiger partial charge in [-0.05, 0) is 37.6 Å². The van der Waals surface area contributed by atoms with Crippen molar-refractivity contribution in [3.05, 3.63) is 46.3 Å². The van der Waals surface area contributed by atoms with Gasteiger partial charge in [0.15, 0.2) is 0 Å². The molecule has 1 aromatic carbocycles. The van der Waals surface area contributed by atoms with Gasteiger partial charge in [0.1, 0.15) is 6.33 Å². The highest BCUT2D eigenvalue weighted by Gasteiger charge is 2.23. The maximum atomic E-state index is 11.6. The summed E-state index contributed by atoms with van der Waals surface area (Å²) < 4.78 is 5.33. The second-order valence-corrected chi connectivity index (χ2v) is 6.41. The highest BCUT2D eigenvalue weighted by Crippen LogP contribution is 2.31. The molecule has 1 aromatic heterocycles. The van der Waals surface area contributed by atoms with E-state index in [0.29, 0.717) is 6.54 Å². The summed E-state index contributed by atoms with van der Waals surface area (Å²) in [7, 11) is 0. The zero-order valence-electron chi connectivity index (χ0n) is 15.4. The van der Waals surface area contributed by atoms with E-state index in [0.717, 1.165) is 50.5 Å². The minimum absolute atomic E-state index is 0.148. The van der Waals surface area contributed by atoms with Gasteiger partial charge in [0, 0.05) is 25.3 Å². The van der Waals surface area contributed by atoms with Crippen LogP contribution in [0.5, 0.6) is 0 Å². The Morgan fingerprint density at radius 2 is 2.04 bits per heavy atom. The number of aromatic nitrogens is 2. The highest BCUT2D eigenvalue weighted by atomic mass is 16.6. The summed E-state index contributed by atoms with van der Waals surface area (Å²) in [4.78, 5) is 21.6. The van der Waals surface area contributed by atoms with Gasteiger partial charge < -0.3 is 15.4 Å². The van der Waals surface area contributed by atoms with E-state index < -0.39 is 4.92 Å². The third kappa shape index (κ3) is 5.35. The Morgan fingerprint density at radius 3 is 2.78 bits per heavy atom. The molecular formula is C18H24N6O3. The lowest BCUT2D eigenvalue weighted by atomic mass is 10.2. The van der Waals surface area contributed by atoms with Crippen LogP contribution in [-0.4, -0.2) is 59.2 Å². The lowest BCUT2D eigenvalue weighted by Gasteiger charge is -2.26. The number of nitrogens with zero attached hydrogens (tertiary/aromatic N) is 4. The van der Waals surface area contributed by atoms with Crippen molar-refractivity contribution in [1.29, 1.82) is 0 Å². The molecular weight excluding hydrogens is 348 g/mol. The van der Waals surface area contributed by atoms with E-state index in [1.54, 1.807) is 0 Å². The fourth-order valence-corrected chi connectivity index (χ4v) is 2.97. The van der Waals surface area contributed by atoms with E-state index in [9.17, 15) is 10.1 Å². The first kappa shape index (κ1) is 19.0. The molecule has 3 rings (SSSR count). The van der Waals surface area contributed by atoms with Gasteiger partial charge in [-0.1, -0.05) is 12.1 Å². The first-order chi connectivity index (χ1) is 13.1. The average Bonchev–Trinajstić information content (AvgIpc) is 2.66. The number of hydrogen-bond acceptors (Lipinski definition) is 8. The van der Waals surface area contributed by atoms with E-state index >= 15 is 0 Å². The molecule has 27 heavy (non-hydrogen) atoms. The number of hydrogen-bond donors (Lipinski definition) is 2. The van der Waals surface area contributed by atoms with E-state index in [4.69, 9.17) is 4.74 Å². The molecule has 0 saturated carbocycles. The summed E-state index contributed by atoms with van der Waals surface area (Å²) in [6.45, 7) is 6.86. The van der Waals surface area contributed by atoms with Crippen molar-refractivity contribution < 1.29 is 9.66 Å². The van der Waals surface area contributed by atoms with Gasteiger partial charge in [0.25, 0.3) is 0 Å². The van der Waals surface area contributed by atoms with Gasteiger partial charge in [-0.15, -0.1) is 0 Å². The number of nitrogens with one attached hydrogen (secondary N) is 2. The maximum absolute atomic E-state index is 11.6. The van der Waals surface area contributed by atoms with Crippen molar-refractivity contribution >= 4 is 23.0 Å². The summed E-state index contributed by atoms with van der Waals surface area (Å²) in [5.41, 5.74) is 1.65. The Bertz CT molecular complexity index is 779. The third-order valence-electron chi connectivity index (χ3n) is 4.33. The molecule has 144 valence electrons. The van der Waals surface area contributed by atoms with Gasteiger partial charge in [0.05, 0.1) is 18.1 Å². The molecule has 9 heteroatoms. The molecule has 1 fully saturated rings. The SMILES string of the molecule is Cc1cccc(Nc2ncnc(NCCCN3CCOCC3)c2[N+](=O)[O-])c1. The van der Waals surface area contributed by atoms with Crippen molar-refractivity contribution in [3.8, 4) is 0 Å². The van der Waals surface area contributed by atoms with E-state index in [1.807, 2.05) is 31.2 Å². The zero-order chi connectivity index (χ0) is 19.1. The molecule has 2 N–H and O–H groups in total. The van der Waals surface area contributed by atoms with Gasteiger partial charge in [-0.25, -0.2) is 9.97 Å². The normalized spacial score (nSPS) is 14.7. The van der Waals surface area contributed by atoms with E-state index in [-0.39, 0.29) is 17.3 Å². The Hall–Kier alpha value is -2.78.